The monoisotopic (exact) mass is 1310 g/mol. The van der Waals surface area contributed by atoms with Crippen molar-refractivity contribution in [2.45, 2.75) is 149 Å². The van der Waals surface area contributed by atoms with Crippen LogP contribution in [0.3, 0.4) is 0 Å². The van der Waals surface area contributed by atoms with E-state index in [4.69, 9.17) is 88.6 Å². The molecule has 0 aromatic heterocycles. The zero-order valence-corrected chi connectivity index (χ0v) is 51.4. The summed E-state index contributed by atoms with van der Waals surface area (Å²) in [6.07, 6.45) is -0.428. The van der Waals surface area contributed by atoms with Crippen LogP contribution in [0.25, 0.3) is 0 Å². The molecular formula is C50H70Cl6N10O18. The number of hydrogen-bond donors (Lipinski definition) is 8. The quantitative estimate of drug-likeness (QED) is 0.0153. The van der Waals surface area contributed by atoms with E-state index in [1.807, 2.05) is 0 Å². The number of carbonyl (C=O) groups excluding carboxylic acids is 14. The molecule has 0 saturated heterocycles. The van der Waals surface area contributed by atoms with Gasteiger partial charge in [0.15, 0.2) is 0 Å². The maximum atomic E-state index is 14.9. The van der Waals surface area contributed by atoms with Crippen LogP contribution in [0.4, 0.5) is 9.59 Å². The van der Waals surface area contributed by atoms with Crippen molar-refractivity contribution >= 4 is 153 Å². The maximum Gasteiger partial charge on any atom is 0.407 e. The average molecular weight is 1310 g/mol. The number of ether oxygens (including phenoxy) is 4. The largest absolute Gasteiger partial charge is 0.460 e. The van der Waals surface area contributed by atoms with Gasteiger partial charge in [0.1, 0.15) is 48.6 Å². The van der Waals surface area contributed by atoms with Gasteiger partial charge in [-0.15, -0.1) is 0 Å². The van der Waals surface area contributed by atoms with Crippen LogP contribution in [0, 0.1) is 0 Å². The topological polar surface area (TPSA) is 379 Å². The lowest BCUT2D eigenvalue weighted by atomic mass is 10.0. The fraction of sp³-hybridized carbons (Fsp3) is 0.640. The van der Waals surface area contributed by atoms with E-state index >= 15 is 0 Å². The molecule has 0 aromatic rings. The highest BCUT2D eigenvalue weighted by atomic mass is 35.6. The molecule has 2 unspecified atom stereocenters. The molecule has 4 atom stereocenters. The summed E-state index contributed by atoms with van der Waals surface area (Å²) < 4.78 is 16.5. The van der Waals surface area contributed by atoms with E-state index in [1.54, 1.807) is 41.5 Å². The summed E-state index contributed by atoms with van der Waals surface area (Å²) in [5.74, 6) is -11.3. The summed E-state index contributed by atoms with van der Waals surface area (Å²) in [5.41, 5.74) is -1.77. The van der Waals surface area contributed by atoms with E-state index in [0.29, 0.717) is 9.80 Å². The number of nitrogens with one attached hydrogen (secondary N) is 8. The number of esters is 2. The van der Waals surface area contributed by atoms with E-state index in [9.17, 15) is 67.1 Å². The number of amides is 12. The molecule has 0 aromatic carbocycles. The van der Waals surface area contributed by atoms with Crippen molar-refractivity contribution in [3.63, 3.8) is 0 Å². The standard InChI is InChI=1S/C50H70Cl6N10O18/c1-47(2,3)83-37(73)17-23-57-41(75)29(11-7-9-21-59-45(79)81-27-49(51,52)53)61-43(77)39(63-31(67)19-25-65-33(69)13-14-34(65)70)40(64-32(68)20-26-66-35(71)15-16-36(66)72)44(78)62-30(42(76)58-24-18-38(74)84-48(4,5)6)12-8-10-22-60-46(80)82-28-50(54,55)56/h13-16,29-30,39-40H,7-12,17-28H2,1-6H3,(H,57,75)(H,58,76)(H,59,79)(H,60,80)(H,61,77)(H,62,78)(H,63,67)(H,64,68)/t29-,30-,39?,40?/m0/s1. The molecule has 0 spiro atoms. The molecule has 0 saturated carbocycles. The van der Waals surface area contributed by atoms with Gasteiger partial charge in [0.05, 0.1) is 12.8 Å². The van der Waals surface area contributed by atoms with E-state index in [0.717, 1.165) is 24.3 Å². The number of halogens is 6. The van der Waals surface area contributed by atoms with Crippen molar-refractivity contribution < 1.29 is 86.1 Å². The number of alkyl carbamates (subject to hydrolysis) is 2. The molecule has 2 aliphatic rings. The SMILES string of the molecule is CC(C)(C)OC(=O)CCNC(=O)[C@H](CCCCNC(=O)OCC(Cl)(Cl)Cl)NC(=O)C(NC(=O)CCN1C(=O)C=CC1=O)C(NC(=O)CCN1C(=O)C=CC1=O)C(=O)N[C@@H](CCCCNC(=O)OCC(Cl)(Cl)Cl)C(=O)NCCC(=O)OC(C)(C)C. The number of carbonyl (C=O) groups is 14. The van der Waals surface area contributed by atoms with Crippen LogP contribution in [0.1, 0.15) is 106 Å². The Labute approximate surface area is 514 Å². The fourth-order valence-electron chi connectivity index (χ4n) is 7.21. The van der Waals surface area contributed by atoms with Crippen LogP contribution in [0.2, 0.25) is 0 Å². The first-order valence-electron chi connectivity index (χ1n) is 26.1. The lowest BCUT2D eigenvalue weighted by Crippen LogP contribution is -2.66. The van der Waals surface area contributed by atoms with Gasteiger partial charge in [0, 0.05) is 76.4 Å². The molecule has 470 valence electrons. The molecule has 28 nitrogen and oxygen atoms in total. The van der Waals surface area contributed by atoms with Gasteiger partial charge >= 0.3 is 24.1 Å². The number of rotatable bonds is 33. The minimum absolute atomic E-state index is 0.0396. The Bertz CT molecular complexity index is 2280. The first kappa shape index (κ1) is 73.9. The van der Waals surface area contributed by atoms with Gasteiger partial charge in [-0.1, -0.05) is 69.6 Å². The molecule has 34 heteroatoms. The minimum atomic E-state index is -2.27. The second kappa shape index (κ2) is 35.3. The predicted molar refractivity (Wildman–Crippen MR) is 303 cm³/mol. The summed E-state index contributed by atoms with van der Waals surface area (Å²) >= 11 is 33.9. The van der Waals surface area contributed by atoms with E-state index in [2.05, 4.69) is 42.5 Å². The third-order valence-electron chi connectivity index (χ3n) is 10.9. The first-order valence-corrected chi connectivity index (χ1v) is 28.4. The van der Waals surface area contributed by atoms with Crippen molar-refractivity contribution in [3.05, 3.63) is 24.3 Å². The number of alkyl halides is 6. The lowest BCUT2D eigenvalue weighted by Gasteiger charge is -2.30. The Hall–Kier alpha value is -6.20. The third-order valence-corrected chi connectivity index (χ3v) is 11.6. The molecule has 2 aliphatic heterocycles. The van der Waals surface area contributed by atoms with Gasteiger partial charge in [-0.3, -0.25) is 67.3 Å². The zero-order chi connectivity index (χ0) is 63.6. The average Bonchev–Trinajstić information content (AvgIpc) is 4.05. The third kappa shape index (κ3) is 31.6. The molecule has 2 rings (SSSR count). The van der Waals surface area contributed by atoms with E-state index < -0.39 is 165 Å². The van der Waals surface area contributed by atoms with Crippen LogP contribution >= 0.6 is 69.6 Å². The molecule has 2 heterocycles. The second-order valence-corrected chi connectivity index (χ2v) is 25.6. The van der Waals surface area contributed by atoms with Gasteiger partial charge in [-0.2, -0.15) is 0 Å². The summed E-state index contributed by atoms with van der Waals surface area (Å²) in [6.45, 7) is 6.62. The Kier molecular flexibility index (Phi) is 31.1. The van der Waals surface area contributed by atoms with Crippen LogP contribution in [-0.2, 0) is 76.5 Å². The Morgan fingerprint density at radius 2 is 0.762 bits per heavy atom. The van der Waals surface area contributed by atoms with Crippen molar-refractivity contribution in [3.8, 4) is 0 Å². The molecule has 84 heavy (non-hydrogen) atoms. The molecule has 0 bridgehead atoms. The Balaban J connectivity index is 2.68. The van der Waals surface area contributed by atoms with Crippen LogP contribution in [0.5, 0.6) is 0 Å². The van der Waals surface area contributed by atoms with Crippen molar-refractivity contribution in [2.75, 3.05) is 52.5 Å². The fourth-order valence-corrected chi connectivity index (χ4v) is 7.54. The summed E-state index contributed by atoms with van der Waals surface area (Å²) in [5, 5.41) is 19.4. The van der Waals surface area contributed by atoms with Gasteiger partial charge < -0.3 is 61.5 Å². The number of imide groups is 2. The van der Waals surface area contributed by atoms with Crippen molar-refractivity contribution in [1.82, 2.24) is 52.3 Å². The normalized spacial score (nSPS) is 14.8. The number of unbranched alkanes of at least 4 members (excludes halogenated alkanes) is 2. The summed E-state index contributed by atoms with van der Waals surface area (Å²) in [6, 6.07) is -7.72. The van der Waals surface area contributed by atoms with E-state index in [-0.39, 0.29) is 77.5 Å². The maximum absolute atomic E-state index is 14.9. The minimum Gasteiger partial charge on any atom is -0.460 e. The van der Waals surface area contributed by atoms with Crippen LogP contribution in [-0.4, -0.2) is 188 Å². The second-order valence-electron chi connectivity index (χ2n) is 20.5. The highest BCUT2D eigenvalue weighted by Gasteiger charge is 2.40. The molecule has 12 amide bonds. The number of hydrogen-bond acceptors (Lipinski definition) is 18. The van der Waals surface area contributed by atoms with Gasteiger partial charge in [-0.05, 0) is 80.1 Å². The lowest BCUT2D eigenvalue weighted by molar-refractivity contribution is -0.156. The zero-order valence-electron chi connectivity index (χ0n) is 46.9. The molecule has 0 radical (unpaired) electrons. The highest BCUT2D eigenvalue weighted by Crippen LogP contribution is 2.26. The van der Waals surface area contributed by atoms with Gasteiger partial charge in [-0.25, -0.2) is 9.59 Å². The van der Waals surface area contributed by atoms with Crippen LogP contribution < -0.4 is 42.5 Å². The summed E-state index contributed by atoms with van der Waals surface area (Å²) in [4.78, 5) is 186. The molecule has 0 aliphatic carbocycles. The van der Waals surface area contributed by atoms with Gasteiger partial charge in [0.2, 0.25) is 43.0 Å². The van der Waals surface area contributed by atoms with Gasteiger partial charge in [0.25, 0.3) is 23.6 Å². The molecule has 0 fully saturated rings. The van der Waals surface area contributed by atoms with E-state index in [1.165, 1.54) is 0 Å². The van der Waals surface area contributed by atoms with Crippen molar-refractivity contribution in [1.29, 1.82) is 0 Å². The molecular weight excluding hydrogens is 1240 g/mol. The highest BCUT2D eigenvalue weighted by molar-refractivity contribution is 6.68. The summed E-state index contributed by atoms with van der Waals surface area (Å²) in [7, 11) is 0. The first-order chi connectivity index (χ1) is 38.9. The Morgan fingerprint density at radius 1 is 0.440 bits per heavy atom. The van der Waals surface area contributed by atoms with Crippen molar-refractivity contribution in [2.24, 2.45) is 0 Å². The smallest absolute Gasteiger partial charge is 0.407 e. The predicted octanol–water partition coefficient (Wildman–Crippen LogP) is 1.79. The number of nitrogens with zero attached hydrogens (tertiary/aromatic N) is 2. The Morgan fingerprint density at radius 3 is 1.06 bits per heavy atom. The van der Waals surface area contributed by atoms with Crippen LogP contribution in [0.15, 0.2) is 24.3 Å². The molecule has 8 N–H and O–H groups in total.